The van der Waals surface area contributed by atoms with Crippen molar-refractivity contribution < 1.29 is 18.8 Å². The molecule has 4 rings (SSSR count). The van der Waals surface area contributed by atoms with Crippen molar-refractivity contribution in [1.29, 1.82) is 0 Å². The molecule has 1 aliphatic rings. The normalized spacial score (nSPS) is 15.3. The predicted octanol–water partition coefficient (Wildman–Crippen LogP) is 3.75. The third-order valence-electron chi connectivity index (χ3n) is 6.63. The number of primary amides is 1. The summed E-state index contributed by atoms with van der Waals surface area (Å²) in [6.07, 6.45) is 0.884. The highest BCUT2D eigenvalue weighted by molar-refractivity contribution is 6.00. The number of carbonyl (C=O) groups excluding carboxylic acids is 3. The van der Waals surface area contributed by atoms with Crippen molar-refractivity contribution in [3.63, 3.8) is 0 Å². The Hall–Kier alpha value is -4.24. The third kappa shape index (κ3) is 7.20. The molecule has 39 heavy (non-hydrogen) atoms. The predicted molar refractivity (Wildman–Crippen MR) is 149 cm³/mol. The second kappa shape index (κ2) is 11.7. The highest BCUT2D eigenvalue weighted by atomic mass is 19.1. The molecule has 3 aromatic carbocycles. The number of benzene rings is 3. The highest BCUT2D eigenvalue weighted by Gasteiger charge is 2.32. The molecule has 9 heteroatoms. The van der Waals surface area contributed by atoms with Crippen LogP contribution in [0.5, 0.6) is 0 Å². The van der Waals surface area contributed by atoms with Crippen molar-refractivity contribution in [2.24, 2.45) is 11.5 Å². The van der Waals surface area contributed by atoms with Gasteiger partial charge in [0.2, 0.25) is 11.8 Å². The van der Waals surface area contributed by atoms with Gasteiger partial charge in [-0.15, -0.1) is 0 Å². The molecule has 0 radical (unpaired) electrons. The van der Waals surface area contributed by atoms with Gasteiger partial charge in [-0.1, -0.05) is 48.5 Å². The Morgan fingerprint density at radius 1 is 1.08 bits per heavy atom. The fraction of sp³-hybridized carbons (Fsp3) is 0.300. The van der Waals surface area contributed by atoms with Crippen LogP contribution in [0.4, 0.5) is 14.9 Å². The number of amides is 4. The number of halogens is 1. The summed E-state index contributed by atoms with van der Waals surface area (Å²) in [5.74, 6) is -0.926. The van der Waals surface area contributed by atoms with Crippen molar-refractivity contribution in [2.75, 3.05) is 4.90 Å². The van der Waals surface area contributed by atoms with Crippen LogP contribution >= 0.6 is 0 Å². The monoisotopic (exact) mass is 531 g/mol. The van der Waals surface area contributed by atoms with Crippen molar-refractivity contribution in [1.82, 2.24) is 10.6 Å². The van der Waals surface area contributed by atoms with E-state index in [4.69, 9.17) is 11.5 Å². The summed E-state index contributed by atoms with van der Waals surface area (Å²) in [4.78, 5) is 39.1. The first-order chi connectivity index (χ1) is 18.5. The van der Waals surface area contributed by atoms with Crippen LogP contribution in [0.1, 0.15) is 43.4 Å². The summed E-state index contributed by atoms with van der Waals surface area (Å²) < 4.78 is 14.1. The number of nitrogens with zero attached hydrogens (tertiary/aromatic N) is 1. The Balaban J connectivity index is 1.59. The average molecular weight is 532 g/mol. The van der Waals surface area contributed by atoms with Crippen LogP contribution in [0, 0.1) is 5.82 Å². The SMILES string of the molecule is CC(C)(N)CC(=O)N[C@@H]1CCc2cc(F)ccc2N(Cc2ccc(-c3ccccc3CNC(N)=O)cc2)C1=O. The summed E-state index contributed by atoms with van der Waals surface area (Å²) in [6.45, 7) is 4.06. The Bertz CT molecular complexity index is 1370. The molecular formula is C30H34FN5O3. The van der Waals surface area contributed by atoms with Crippen molar-refractivity contribution in [3.8, 4) is 11.1 Å². The average Bonchev–Trinajstić information content (AvgIpc) is 2.99. The largest absolute Gasteiger partial charge is 0.352 e. The third-order valence-corrected chi connectivity index (χ3v) is 6.63. The Morgan fingerprint density at radius 2 is 1.79 bits per heavy atom. The van der Waals surface area contributed by atoms with Gasteiger partial charge in [0.1, 0.15) is 11.9 Å². The van der Waals surface area contributed by atoms with Crippen molar-refractivity contribution in [2.45, 2.75) is 57.8 Å². The van der Waals surface area contributed by atoms with E-state index in [1.165, 1.54) is 12.1 Å². The zero-order valence-corrected chi connectivity index (χ0v) is 22.2. The molecule has 204 valence electrons. The maximum Gasteiger partial charge on any atom is 0.312 e. The number of aryl methyl sites for hydroxylation is 1. The Labute approximate surface area is 227 Å². The number of anilines is 1. The zero-order chi connectivity index (χ0) is 28.2. The molecule has 3 aromatic rings. The van der Waals surface area contributed by atoms with Gasteiger partial charge in [0, 0.05) is 24.2 Å². The van der Waals surface area contributed by atoms with Crippen LogP contribution in [0.3, 0.4) is 0 Å². The van der Waals surface area contributed by atoms with Gasteiger partial charge in [-0.2, -0.15) is 0 Å². The van der Waals surface area contributed by atoms with Gasteiger partial charge in [0.15, 0.2) is 0 Å². The smallest absolute Gasteiger partial charge is 0.312 e. The number of nitrogens with one attached hydrogen (secondary N) is 2. The van der Waals surface area contributed by atoms with E-state index < -0.39 is 17.6 Å². The van der Waals surface area contributed by atoms with Crippen molar-refractivity contribution in [3.05, 3.63) is 89.2 Å². The fourth-order valence-electron chi connectivity index (χ4n) is 4.81. The number of rotatable bonds is 8. The zero-order valence-electron chi connectivity index (χ0n) is 22.2. The van der Waals surface area contributed by atoms with Crippen LogP contribution < -0.4 is 27.0 Å². The molecule has 0 spiro atoms. The molecule has 8 nitrogen and oxygen atoms in total. The summed E-state index contributed by atoms with van der Waals surface area (Å²) in [5, 5.41) is 5.47. The van der Waals surface area contributed by atoms with Gasteiger partial charge in [-0.25, -0.2) is 9.18 Å². The maximum absolute atomic E-state index is 14.1. The molecule has 0 bridgehead atoms. The summed E-state index contributed by atoms with van der Waals surface area (Å²) >= 11 is 0. The molecular weight excluding hydrogens is 497 g/mol. The lowest BCUT2D eigenvalue weighted by Crippen LogP contribution is -2.49. The lowest BCUT2D eigenvalue weighted by molar-refractivity contribution is -0.128. The topological polar surface area (TPSA) is 131 Å². The number of carbonyl (C=O) groups is 3. The molecule has 0 aromatic heterocycles. The van der Waals surface area contributed by atoms with Gasteiger partial charge in [0.25, 0.3) is 0 Å². The number of fused-ring (bicyclic) bond motifs is 1. The second-order valence-corrected chi connectivity index (χ2v) is 10.6. The van der Waals surface area contributed by atoms with E-state index >= 15 is 0 Å². The van der Waals surface area contributed by atoms with Crippen LogP contribution in [-0.4, -0.2) is 29.4 Å². The molecule has 4 amide bonds. The lowest BCUT2D eigenvalue weighted by atomic mass is 9.98. The first-order valence-corrected chi connectivity index (χ1v) is 12.9. The molecule has 1 heterocycles. The van der Waals surface area contributed by atoms with E-state index in [-0.39, 0.29) is 30.6 Å². The van der Waals surface area contributed by atoms with Crippen LogP contribution in [0.25, 0.3) is 11.1 Å². The van der Waals surface area contributed by atoms with E-state index in [0.29, 0.717) is 30.6 Å². The number of hydrogen-bond donors (Lipinski definition) is 4. The molecule has 0 fully saturated rings. The molecule has 0 saturated carbocycles. The first-order valence-electron chi connectivity index (χ1n) is 12.9. The minimum Gasteiger partial charge on any atom is -0.352 e. The first kappa shape index (κ1) is 27.8. The van der Waals surface area contributed by atoms with Gasteiger partial charge in [0.05, 0.1) is 6.54 Å². The van der Waals surface area contributed by atoms with E-state index in [9.17, 15) is 18.8 Å². The van der Waals surface area contributed by atoms with Gasteiger partial charge in [-0.05, 0) is 72.7 Å². The quantitative estimate of drug-likeness (QED) is 0.353. The van der Waals surface area contributed by atoms with E-state index in [2.05, 4.69) is 10.6 Å². The molecule has 6 N–H and O–H groups in total. The Kier molecular flexibility index (Phi) is 8.30. The van der Waals surface area contributed by atoms with Gasteiger partial charge >= 0.3 is 6.03 Å². The second-order valence-electron chi connectivity index (χ2n) is 10.6. The lowest BCUT2D eigenvalue weighted by Gasteiger charge is -2.27. The van der Waals surface area contributed by atoms with Gasteiger partial charge < -0.3 is 27.0 Å². The number of nitrogens with two attached hydrogens (primary N) is 2. The highest BCUT2D eigenvalue weighted by Crippen LogP contribution is 2.30. The molecule has 0 aliphatic carbocycles. The molecule has 1 aliphatic heterocycles. The van der Waals surface area contributed by atoms with E-state index in [1.54, 1.807) is 24.8 Å². The number of urea groups is 1. The van der Waals surface area contributed by atoms with E-state index in [0.717, 1.165) is 22.3 Å². The number of hydrogen-bond acceptors (Lipinski definition) is 4. The Morgan fingerprint density at radius 3 is 2.49 bits per heavy atom. The molecule has 0 unspecified atom stereocenters. The minimum atomic E-state index is -0.751. The van der Waals surface area contributed by atoms with Crippen LogP contribution in [0.2, 0.25) is 0 Å². The summed E-state index contributed by atoms with van der Waals surface area (Å²) in [6, 6.07) is 18.5. The van der Waals surface area contributed by atoms with Crippen LogP contribution in [-0.2, 0) is 29.1 Å². The summed E-state index contributed by atoms with van der Waals surface area (Å²) in [5.41, 5.74) is 15.5. The standard InChI is InChI=1S/C30H34FN5O3/c1-30(2,33)16-27(37)35-25-13-11-21-15-23(31)12-14-26(21)36(28(25)38)18-19-7-9-20(10-8-19)24-6-4-3-5-22(24)17-34-29(32)39/h3-10,12,14-15,25H,11,13,16-18,33H2,1-2H3,(H,35,37)(H3,32,34,39)/t25-/m1/s1. The van der Waals surface area contributed by atoms with Crippen LogP contribution in [0.15, 0.2) is 66.7 Å². The maximum atomic E-state index is 14.1. The molecule has 0 saturated heterocycles. The van der Waals surface area contributed by atoms with Gasteiger partial charge in [-0.3, -0.25) is 9.59 Å². The molecule has 1 atom stereocenters. The minimum absolute atomic E-state index is 0.0796. The van der Waals surface area contributed by atoms with E-state index in [1.807, 2.05) is 48.5 Å². The fourth-order valence-corrected chi connectivity index (χ4v) is 4.81. The summed E-state index contributed by atoms with van der Waals surface area (Å²) in [7, 11) is 0. The van der Waals surface area contributed by atoms with Crippen molar-refractivity contribution >= 4 is 23.5 Å².